The van der Waals surface area contributed by atoms with Crippen LogP contribution in [-0.2, 0) is 17.8 Å². The number of aromatic nitrogens is 3. The lowest BCUT2D eigenvalue weighted by molar-refractivity contribution is -0.124. The molecule has 1 atom stereocenters. The molecule has 1 aliphatic heterocycles. The lowest BCUT2D eigenvalue weighted by Gasteiger charge is -2.29. The first kappa shape index (κ1) is 19.1. The molecule has 1 unspecified atom stereocenters. The molecule has 0 fully saturated rings. The smallest absolute Gasteiger partial charge is 0.272 e. The molecule has 2 N–H and O–H groups in total. The highest BCUT2D eigenvalue weighted by molar-refractivity contribution is 5.97. The number of fused-ring (bicyclic) bond motifs is 1. The largest absolute Gasteiger partial charge is 0.357 e. The summed E-state index contributed by atoms with van der Waals surface area (Å²) < 4.78 is 2.11. The van der Waals surface area contributed by atoms with Crippen molar-refractivity contribution in [2.24, 2.45) is 5.41 Å². The molecule has 3 rings (SSSR count). The van der Waals surface area contributed by atoms with E-state index >= 15 is 0 Å². The highest BCUT2D eigenvalue weighted by Gasteiger charge is 2.34. The molecule has 3 heterocycles. The van der Waals surface area contributed by atoms with Crippen molar-refractivity contribution < 1.29 is 9.59 Å². The predicted octanol–water partition coefficient (Wildman–Crippen LogP) is 2.17. The normalized spacial score (nSPS) is 15.0. The van der Waals surface area contributed by atoms with Gasteiger partial charge in [-0.3, -0.25) is 14.6 Å². The van der Waals surface area contributed by atoms with E-state index in [1.165, 1.54) is 0 Å². The molecule has 0 aliphatic carbocycles. The number of hydrogen-bond acceptors (Lipinski definition) is 4. The number of carbonyl (C=O) groups excluding carboxylic acids is 2. The Morgan fingerprint density at radius 3 is 2.67 bits per heavy atom. The molecule has 2 aromatic rings. The number of nitrogens with one attached hydrogen (secondary N) is 2. The van der Waals surface area contributed by atoms with Crippen molar-refractivity contribution in [1.82, 2.24) is 25.2 Å². The number of hydrogen-bond donors (Lipinski definition) is 2. The second-order valence-electron chi connectivity index (χ2n) is 7.97. The summed E-state index contributed by atoms with van der Waals surface area (Å²) in [5.41, 5.74) is 1.81. The van der Waals surface area contributed by atoms with Crippen LogP contribution in [0.15, 0.2) is 24.5 Å². The van der Waals surface area contributed by atoms with Gasteiger partial charge in [0, 0.05) is 31.5 Å². The number of amides is 2. The van der Waals surface area contributed by atoms with Crippen LogP contribution >= 0.6 is 0 Å². The van der Waals surface area contributed by atoms with Gasteiger partial charge in [0.2, 0.25) is 5.91 Å². The molecule has 27 heavy (non-hydrogen) atoms. The van der Waals surface area contributed by atoms with Gasteiger partial charge in [-0.2, -0.15) is 0 Å². The minimum atomic E-state index is -0.641. The second kappa shape index (κ2) is 7.50. The molecule has 2 aromatic heterocycles. The summed E-state index contributed by atoms with van der Waals surface area (Å²) in [6, 6.07) is 3.17. The van der Waals surface area contributed by atoms with Crippen LogP contribution in [0.1, 0.15) is 49.8 Å². The fourth-order valence-corrected chi connectivity index (χ4v) is 3.46. The third-order valence-electron chi connectivity index (χ3n) is 4.90. The van der Waals surface area contributed by atoms with Crippen molar-refractivity contribution in [3.63, 3.8) is 0 Å². The average Bonchev–Trinajstić information content (AvgIpc) is 3.05. The van der Waals surface area contributed by atoms with Crippen LogP contribution < -0.4 is 10.6 Å². The highest BCUT2D eigenvalue weighted by atomic mass is 16.2. The van der Waals surface area contributed by atoms with E-state index in [-0.39, 0.29) is 11.8 Å². The molecule has 0 radical (unpaired) electrons. The van der Waals surface area contributed by atoms with Crippen LogP contribution in [-0.4, -0.2) is 39.4 Å². The van der Waals surface area contributed by atoms with Crippen LogP contribution in [0.3, 0.4) is 0 Å². The van der Waals surface area contributed by atoms with Crippen molar-refractivity contribution >= 4 is 11.8 Å². The van der Waals surface area contributed by atoms with Gasteiger partial charge in [-0.15, -0.1) is 0 Å². The zero-order chi connectivity index (χ0) is 19.6. The van der Waals surface area contributed by atoms with E-state index in [4.69, 9.17) is 0 Å². The van der Waals surface area contributed by atoms with Gasteiger partial charge in [-0.1, -0.05) is 20.8 Å². The SMILES string of the molecule is CNC(=O)C(NC(=O)c1nc(-c2cccnc2)n2c1CCCC2)C(C)(C)C. The number of nitrogens with zero attached hydrogens (tertiary/aromatic N) is 3. The summed E-state index contributed by atoms with van der Waals surface area (Å²) in [6.07, 6.45) is 6.36. The molecule has 1 aliphatic rings. The molecule has 7 heteroatoms. The summed E-state index contributed by atoms with van der Waals surface area (Å²) >= 11 is 0. The van der Waals surface area contributed by atoms with Crippen molar-refractivity contribution in [2.75, 3.05) is 7.05 Å². The van der Waals surface area contributed by atoms with Crippen molar-refractivity contribution in [2.45, 2.75) is 52.6 Å². The van der Waals surface area contributed by atoms with E-state index in [1.54, 1.807) is 19.4 Å². The lowest BCUT2D eigenvalue weighted by Crippen LogP contribution is -2.53. The number of rotatable bonds is 4. The van der Waals surface area contributed by atoms with Crippen LogP contribution in [0, 0.1) is 5.41 Å². The van der Waals surface area contributed by atoms with Crippen molar-refractivity contribution in [1.29, 1.82) is 0 Å². The van der Waals surface area contributed by atoms with Crippen LogP contribution in [0.25, 0.3) is 11.4 Å². The molecule has 0 saturated carbocycles. The molecule has 2 amide bonds. The van der Waals surface area contributed by atoms with E-state index in [0.29, 0.717) is 5.69 Å². The van der Waals surface area contributed by atoms with Crippen LogP contribution in [0.4, 0.5) is 0 Å². The Labute approximate surface area is 159 Å². The molecule has 7 nitrogen and oxygen atoms in total. The minimum absolute atomic E-state index is 0.212. The Hall–Kier alpha value is -2.70. The molecular formula is C20H27N5O2. The Kier molecular flexibility index (Phi) is 5.30. The number of likely N-dealkylation sites (N-methyl/N-ethyl adjacent to an activating group) is 1. The molecule has 0 bridgehead atoms. The molecule has 0 saturated heterocycles. The van der Waals surface area contributed by atoms with E-state index in [1.807, 2.05) is 32.9 Å². The zero-order valence-corrected chi connectivity index (χ0v) is 16.4. The van der Waals surface area contributed by atoms with Gasteiger partial charge in [0.25, 0.3) is 5.91 Å². The van der Waals surface area contributed by atoms with Crippen molar-refractivity contribution in [3.8, 4) is 11.4 Å². The first-order chi connectivity index (χ1) is 12.8. The number of pyridine rings is 1. The van der Waals surface area contributed by atoms with E-state index in [2.05, 4.69) is 25.2 Å². The van der Waals surface area contributed by atoms with Gasteiger partial charge >= 0.3 is 0 Å². The topological polar surface area (TPSA) is 88.9 Å². The summed E-state index contributed by atoms with van der Waals surface area (Å²) in [5, 5.41) is 5.53. The fraction of sp³-hybridized carbons (Fsp3) is 0.500. The minimum Gasteiger partial charge on any atom is -0.357 e. The Balaban J connectivity index is 1.98. The third-order valence-corrected chi connectivity index (χ3v) is 4.90. The fourth-order valence-electron chi connectivity index (χ4n) is 3.46. The Morgan fingerprint density at radius 1 is 1.26 bits per heavy atom. The maximum atomic E-state index is 13.1. The molecule has 0 aromatic carbocycles. The van der Waals surface area contributed by atoms with E-state index in [9.17, 15) is 9.59 Å². The Morgan fingerprint density at radius 2 is 2.04 bits per heavy atom. The summed E-state index contributed by atoms with van der Waals surface area (Å²) in [6.45, 7) is 6.61. The molecule has 144 valence electrons. The Bertz CT molecular complexity index is 836. The highest BCUT2D eigenvalue weighted by Crippen LogP contribution is 2.28. The maximum Gasteiger partial charge on any atom is 0.272 e. The van der Waals surface area contributed by atoms with Crippen LogP contribution in [0.2, 0.25) is 0 Å². The number of imidazole rings is 1. The van der Waals surface area contributed by atoms with Gasteiger partial charge < -0.3 is 15.2 Å². The van der Waals surface area contributed by atoms with E-state index in [0.717, 1.165) is 42.9 Å². The monoisotopic (exact) mass is 369 g/mol. The van der Waals surface area contributed by atoms with Gasteiger partial charge in [-0.05, 0) is 36.8 Å². The lowest BCUT2D eigenvalue weighted by atomic mass is 9.86. The first-order valence-corrected chi connectivity index (χ1v) is 9.35. The standard InChI is InChI=1S/C20H27N5O2/c1-20(2,3)16(19(27)21-4)24-18(26)15-14-9-5-6-11-25(14)17(23-15)13-8-7-10-22-12-13/h7-8,10,12,16H,5-6,9,11H2,1-4H3,(H,21,27)(H,24,26). The summed E-state index contributed by atoms with van der Waals surface area (Å²) in [7, 11) is 1.58. The maximum absolute atomic E-state index is 13.1. The zero-order valence-electron chi connectivity index (χ0n) is 16.4. The second-order valence-corrected chi connectivity index (χ2v) is 7.97. The van der Waals surface area contributed by atoms with Gasteiger partial charge in [0.15, 0.2) is 0 Å². The summed E-state index contributed by atoms with van der Waals surface area (Å²) in [4.78, 5) is 34.2. The molecule has 0 spiro atoms. The quantitative estimate of drug-likeness (QED) is 0.864. The predicted molar refractivity (Wildman–Crippen MR) is 103 cm³/mol. The van der Waals surface area contributed by atoms with E-state index < -0.39 is 11.5 Å². The first-order valence-electron chi connectivity index (χ1n) is 9.35. The third kappa shape index (κ3) is 3.86. The molecular weight excluding hydrogens is 342 g/mol. The number of carbonyl (C=O) groups is 2. The van der Waals surface area contributed by atoms with Gasteiger partial charge in [0.05, 0.1) is 5.69 Å². The average molecular weight is 369 g/mol. The van der Waals surface area contributed by atoms with Gasteiger partial charge in [0.1, 0.15) is 17.6 Å². The van der Waals surface area contributed by atoms with Crippen LogP contribution in [0.5, 0.6) is 0 Å². The van der Waals surface area contributed by atoms with Gasteiger partial charge in [-0.25, -0.2) is 4.98 Å². The summed E-state index contributed by atoms with van der Waals surface area (Å²) in [5.74, 6) is 0.242. The van der Waals surface area contributed by atoms with Crippen molar-refractivity contribution in [3.05, 3.63) is 35.9 Å².